The minimum Gasteiger partial charge on any atom is -0.403 e. The van der Waals surface area contributed by atoms with Gasteiger partial charge in [0.1, 0.15) is 5.82 Å². The number of amides is 2. The molecule has 0 atom stereocenters. The van der Waals surface area contributed by atoms with E-state index in [4.69, 9.17) is 10.5 Å². The number of ether oxygens (including phenoxy) is 1. The van der Waals surface area contributed by atoms with Gasteiger partial charge >= 0.3 is 6.03 Å². The van der Waals surface area contributed by atoms with Crippen molar-refractivity contribution in [3.63, 3.8) is 0 Å². The first-order chi connectivity index (χ1) is 15.4. The van der Waals surface area contributed by atoms with Crippen molar-refractivity contribution in [2.45, 2.75) is 36.8 Å². The topological polar surface area (TPSA) is 95.2 Å². The van der Waals surface area contributed by atoms with Crippen LogP contribution in [0.3, 0.4) is 0 Å². The molecule has 1 spiro atoms. The molecule has 0 unspecified atom stereocenters. The van der Waals surface area contributed by atoms with E-state index < -0.39 is 0 Å². The Labute approximate surface area is 191 Å². The lowest BCUT2D eigenvalue weighted by Crippen LogP contribution is -2.54. The third kappa shape index (κ3) is 4.97. The number of methoxy groups -OCH3 is 1. The van der Waals surface area contributed by atoms with E-state index >= 15 is 0 Å². The van der Waals surface area contributed by atoms with Gasteiger partial charge in [-0.1, -0.05) is 36.9 Å². The van der Waals surface area contributed by atoms with Crippen molar-refractivity contribution < 1.29 is 9.53 Å². The Hall–Kier alpha value is -2.84. The van der Waals surface area contributed by atoms with Gasteiger partial charge in [0, 0.05) is 25.4 Å². The Kier molecular flexibility index (Phi) is 7.58. The maximum atomic E-state index is 12.9. The lowest BCUT2D eigenvalue weighted by Gasteiger charge is -2.48. The predicted molar refractivity (Wildman–Crippen MR) is 128 cm³/mol. The molecule has 174 valence electrons. The number of aliphatic imine (C=N–C) groups is 1. The number of urea groups is 1. The van der Waals surface area contributed by atoms with Crippen LogP contribution < -0.4 is 16.4 Å². The number of carbonyl (C=O) groups excluding carboxylic acids is 1. The summed E-state index contributed by atoms with van der Waals surface area (Å²) in [5.74, 6) is 0.493. The highest BCUT2D eigenvalue weighted by Crippen LogP contribution is 2.46. The highest BCUT2D eigenvalue weighted by Gasteiger charge is 2.50. The van der Waals surface area contributed by atoms with Crippen LogP contribution in [0.15, 0.2) is 59.6 Å². The molecule has 3 rings (SSSR count). The Balaban J connectivity index is 1.68. The number of benzene rings is 1. The van der Waals surface area contributed by atoms with Crippen molar-refractivity contribution in [3.8, 4) is 0 Å². The van der Waals surface area contributed by atoms with Gasteiger partial charge in [0.2, 0.25) is 0 Å². The number of rotatable bonds is 9. The van der Waals surface area contributed by atoms with E-state index in [2.05, 4.69) is 71.5 Å². The summed E-state index contributed by atoms with van der Waals surface area (Å²) in [7, 11) is 5.92. The van der Waals surface area contributed by atoms with Gasteiger partial charge in [-0.05, 0) is 45.3 Å². The van der Waals surface area contributed by atoms with Gasteiger partial charge in [-0.15, -0.1) is 0 Å². The van der Waals surface area contributed by atoms with Gasteiger partial charge in [-0.25, -0.2) is 9.79 Å². The first kappa shape index (κ1) is 23.8. The first-order valence-corrected chi connectivity index (χ1v) is 11.1. The summed E-state index contributed by atoms with van der Waals surface area (Å²) in [6.07, 6.45) is 6.71. The summed E-state index contributed by atoms with van der Waals surface area (Å²) in [6.45, 7) is 5.60. The average Bonchev–Trinajstić information content (AvgIpc) is 3.11. The molecule has 2 fully saturated rings. The van der Waals surface area contributed by atoms with E-state index in [-0.39, 0.29) is 17.1 Å². The standard InChI is InChI=1S/C24H36N6O2/c1-19(26-14-15-32-4)27-17-21(16-25)30-18-23(28-22(30)31)10-12-24(13-11-23,29(2)3)20-8-6-5-7-9-20/h5-9,16-17,26H,1,10-15,18,25H2,2-4H3,(H,28,31)/b21-16+,27-17?. The third-order valence-corrected chi connectivity index (χ3v) is 6.75. The first-order valence-electron chi connectivity index (χ1n) is 11.1. The van der Waals surface area contributed by atoms with E-state index in [0.717, 1.165) is 25.7 Å². The fraction of sp³-hybridized carbons (Fsp3) is 0.500. The molecule has 0 bridgehead atoms. The lowest BCUT2D eigenvalue weighted by molar-refractivity contribution is 0.0630. The maximum absolute atomic E-state index is 12.9. The van der Waals surface area contributed by atoms with Gasteiger partial charge in [0.15, 0.2) is 0 Å². The molecular formula is C24H36N6O2. The summed E-state index contributed by atoms with van der Waals surface area (Å²) >= 11 is 0. The Bertz CT molecular complexity index is 857. The minimum absolute atomic E-state index is 0.0235. The quantitative estimate of drug-likeness (QED) is 0.405. The Morgan fingerprint density at radius 2 is 2.00 bits per heavy atom. The SMILES string of the molecule is C=C(N=C/C(=C\N)N1CC2(CCC(c3ccccc3)(N(C)C)CC2)NC1=O)NCCOC. The average molecular weight is 441 g/mol. The second kappa shape index (κ2) is 10.2. The van der Waals surface area contributed by atoms with Crippen LogP contribution >= 0.6 is 0 Å². The number of nitrogens with two attached hydrogens (primary N) is 1. The van der Waals surface area contributed by atoms with E-state index in [1.54, 1.807) is 18.2 Å². The maximum Gasteiger partial charge on any atom is 0.322 e. The van der Waals surface area contributed by atoms with Gasteiger partial charge in [-0.3, -0.25) is 9.80 Å². The zero-order valence-corrected chi connectivity index (χ0v) is 19.4. The second-order valence-electron chi connectivity index (χ2n) is 8.80. The van der Waals surface area contributed by atoms with E-state index in [1.807, 2.05) is 0 Å². The summed E-state index contributed by atoms with van der Waals surface area (Å²) < 4.78 is 5.00. The molecule has 8 nitrogen and oxygen atoms in total. The molecular weight excluding hydrogens is 404 g/mol. The van der Waals surface area contributed by atoms with Crippen molar-refractivity contribution in [2.75, 3.05) is 40.9 Å². The van der Waals surface area contributed by atoms with Gasteiger partial charge in [-0.2, -0.15) is 0 Å². The third-order valence-electron chi connectivity index (χ3n) is 6.75. The smallest absolute Gasteiger partial charge is 0.322 e. The number of hydrogen-bond acceptors (Lipinski definition) is 6. The van der Waals surface area contributed by atoms with E-state index in [0.29, 0.717) is 31.2 Å². The normalized spacial score (nSPS) is 26.2. The zero-order valence-electron chi connectivity index (χ0n) is 19.4. The molecule has 0 aromatic heterocycles. The number of nitrogens with zero attached hydrogens (tertiary/aromatic N) is 3. The molecule has 1 aliphatic heterocycles. The van der Waals surface area contributed by atoms with E-state index in [9.17, 15) is 4.79 Å². The Morgan fingerprint density at radius 3 is 2.59 bits per heavy atom. The Morgan fingerprint density at radius 1 is 1.31 bits per heavy atom. The van der Waals surface area contributed by atoms with Crippen LogP contribution in [0, 0.1) is 0 Å². The molecule has 1 aromatic rings. The largest absolute Gasteiger partial charge is 0.403 e. The van der Waals surface area contributed by atoms with Crippen molar-refractivity contribution in [1.29, 1.82) is 0 Å². The molecule has 0 radical (unpaired) electrons. The molecule has 1 saturated heterocycles. The monoisotopic (exact) mass is 440 g/mol. The second-order valence-corrected chi connectivity index (χ2v) is 8.80. The van der Waals surface area contributed by atoms with Crippen LogP contribution in [0.5, 0.6) is 0 Å². The molecule has 1 heterocycles. The fourth-order valence-corrected chi connectivity index (χ4v) is 4.77. The molecule has 1 aromatic carbocycles. The highest BCUT2D eigenvalue weighted by atomic mass is 16.5. The van der Waals surface area contributed by atoms with Crippen LogP contribution in [-0.4, -0.2) is 68.5 Å². The summed E-state index contributed by atoms with van der Waals surface area (Å²) in [5, 5.41) is 6.30. The summed E-state index contributed by atoms with van der Waals surface area (Å²) in [4.78, 5) is 21.2. The van der Waals surface area contributed by atoms with Crippen molar-refractivity contribution >= 4 is 12.2 Å². The molecule has 32 heavy (non-hydrogen) atoms. The minimum atomic E-state index is -0.263. The summed E-state index contributed by atoms with van der Waals surface area (Å²) in [5.41, 5.74) is 7.45. The number of hydrogen-bond donors (Lipinski definition) is 3. The van der Waals surface area contributed by atoms with Crippen LogP contribution in [0.25, 0.3) is 0 Å². The van der Waals surface area contributed by atoms with Gasteiger partial charge in [0.05, 0.1) is 30.6 Å². The van der Waals surface area contributed by atoms with Crippen LogP contribution in [0.4, 0.5) is 4.79 Å². The number of nitrogens with one attached hydrogen (secondary N) is 2. The van der Waals surface area contributed by atoms with Crippen LogP contribution in [0.2, 0.25) is 0 Å². The zero-order chi connectivity index (χ0) is 23.2. The molecule has 1 aliphatic carbocycles. The number of allylic oxidation sites excluding steroid dienone is 1. The van der Waals surface area contributed by atoms with Gasteiger partial charge < -0.3 is 21.1 Å². The lowest BCUT2D eigenvalue weighted by atomic mass is 9.69. The van der Waals surface area contributed by atoms with E-state index in [1.165, 1.54) is 11.8 Å². The van der Waals surface area contributed by atoms with Crippen LogP contribution in [-0.2, 0) is 10.3 Å². The van der Waals surface area contributed by atoms with Crippen molar-refractivity contribution in [2.24, 2.45) is 10.7 Å². The van der Waals surface area contributed by atoms with Gasteiger partial charge in [0.25, 0.3) is 0 Å². The molecule has 4 N–H and O–H groups in total. The fourth-order valence-electron chi connectivity index (χ4n) is 4.77. The molecule has 2 amide bonds. The van der Waals surface area contributed by atoms with Crippen LogP contribution in [0.1, 0.15) is 31.2 Å². The van der Waals surface area contributed by atoms with Crippen molar-refractivity contribution in [3.05, 3.63) is 60.2 Å². The van der Waals surface area contributed by atoms with Crippen molar-refractivity contribution in [1.82, 2.24) is 20.4 Å². The number of carbonyl (C=O) groups is 1. The molecule has 8 heteroatoms. The molecule has 1 saturated carbocycles. The predicted octanol–water partition coefficient (Wildman–Crippen LogP) is 2.36. The summed E-state index contributed by atoms with van der Waals surface area (Å²) in [6, 6.07) is 10.5. The molecule has 2 aliphatic rings. The highest BCUT2D eigenvalue weighted by molar-refractivity contribution is 5.89.